The maximum atomic E-state index is 5.83. The number of nitrogens with two attached hydrogens (primary N) is 1. The van der Waals surface area contributed by atoms with Crippen molar-refractivity contribution in [3.05, 3.63) is 46.7 Å². The lowest BCUT2D eigenvalue weighted by Gasteiger charge is -2.09. The number of nitrogen functional groups attached to an aromatic ring is 1. The molecule has 3 rings (SSSR count). The average molecular weight is 303 g/mol. The van der Waals surface area contributed by atoms with Gasteiger partial charge < -0.3 is 5.73 Å². The van der Waals surface area contributed by atoms with Gasteiger partial charge in [-0.1, -0.05) is 18.2 Å². The highest BCUT2D eigenvalue weighted by Crippen LogP contribution is 2.28. The molecular formula is C13H11BrN4. The Labute approximate surface area is 113 Å². The molecule has 90 valence electrons. The normalized spacial score (nSPS) is 11.0. The summed E-state index contributed by atoms with van der Waals surface area (Å²) in [6, 6.07) is 8.02. The predicted molar refractivity (Wildman–Crippen MR) is 75.7 cm³/mol. The van der Waals surface area contributed by atoms with Crippen LogP contribution in [0.2, 0.25) is 0 Å². The molecule has 0 fully saturated rings. The smallest absolute Gasteiger partial charge is 0.168 e. The van der Waals surface area contributed by atoms with Gasteiger partial charge in [-0.3, -0.25) is 0 Å². The third-order valence-corrected chi connectivity index (χ3v) is 3.91. The molecule has 0 aliphatic carbocycles. The highest BCUT2D eigenvalue weighted by Gasteiger charge is 2.12. The fourth-order valence-electron chi connectivity index (χ4n) is 1.87. The molecule has 5 heteroatoms. The van der Waals surface area contributed by atoms with Crippen LogP contribution < -0.4 is 5.73 Å². The summed E-state index contributed by atoms with van der Waals surface area (Å²) in [5.41, 5.74) is 8.50. The summed E-state index contributed by atoms with van der Waals surface area (Å²) < 4.78 is 2.68. The molecule has 2 heterocycles. The van der Waals surface area contributed by atoms with E-state index in [-0.39, 0.29) is 0 Å². The molecule has 1 aromatic carbocycles. The van der Waals surface area contributed by atoms with Crippen LogP contribution in [-0.2, 0) is 0 Å². The number of nitrogens with zero attached hydrogens (tertiary/aromatic N) is 3. The lowest BCUT2D eigenvalue weighted by atomic mass is 10.2. The van der Waals surface area contributed by atoms with Crippen LogP contribution in [0.15, 0.2) is 41.1 Å². The molecule has 18 heavy (non-hydrogen) atoms. The van der Waals surface area contributed by atoms with E-state index in [9.17, 15) is 0 Å². The summed E-state index contributed by atoms with van der Waals surface area (Å²) in [4.78, 5) is 4.36. The van der Waals surface area contributed by atoms with Crippen LogP contribution in [0.5, 0.6) is 0 Å². The number of fused-ring (bicyclic) bond motifs is 1. The first-order valence-corrected chi connectivity index (χ1v) is 6.31. The standard InChI is InChI=1S/C13H11BrN4/c1-8-10(15)7-16-13(12(8)14)18-11-5-3-2-4-9(11)6-17-18/h2-7H,15H2,1H3. The van der Waals surface area contributed by atoms with Gasteiger partial charge in [0, 0.05) is 5.39 Å². The van der Waals surface area contributed by atoms with E-state index in [0.717, 1.165) is 26.8 Å². The van der Waals surface area contributed by atoms with Gasteiger partial charge in [0.15, 0.2) is 5.82 Å². The van der Waals surface area contributed by atoms with Gasteiger partial charge in [0.2, 0.25) is 0 Å². The third kappa shape index (κ3) is 1.59. The lowest BCUT2D eigenvalue weighted by Crippen LogP contribution is -2.03. The molecule has 0 spiro atoms. The molecule has 0 aliphatic heterocycles. The van der Waals surface area contributed by atoms with Crippen molar-refractivity contribution in [3.8, 4) is 5.82 Å². The molecule has 0 unspecified atom stereocenters. The van der Waals surface area contributed by atoms with Gasteiger partial charge in [0.05, 0.1) is 28.1 Å². The van der Waals surface area contributed by atoms with E-state index in [1.165, 1.54) is 0 Å². The first-order valence-electron chi connectivity index (χ1n) is 5.52. The molecule has 0 saturated heterocycles. The van der Waals surface area contributed by atoms with Gasteiger partial charge in [-0.2, -0.15) is 5.10 Å². The average Bonchev–Trinajstić information content (AvgIpc) is 2.80. The van der Waals surface area contributed by atoms with Crippen LogP contribution >= 0.6 is 15.9 Å². The molecular weight excluding hydrogens is 292 g/mol. The lowest BCUT2D eigenvalue weighted by molar-refractivity contribution is 0.867. The van der Waals surface area contributed by atoms with Gasteiger partial charge in [0.25, 0.3) is 0 Å². The van der Waals surface area contributed by atoms with Crippen molar-refractivity contribution in [1.29, 1.82) is 0 Å². The van der Waals surface area contributed by atoms with Crippen molar-refractivity contribution in [3.63, 3.8) is 0 Å². The third-order valence-electron chi connectivity index (χ3n) is 2.96. The van der Waals surface area contributed by atoms with Gasteiger partial charge >= 0.3 is 0 Å². The van der Waals surface area contributed by atoms with Gasteiger partial charge in [-0.25, -0.2) is 9.67 Å². The topological polar surface area (TPSA) is 56.7 Å². The minimum absolute atomic E-state index is 0.669. The first kappa shape index (κ1) is 11.2. The molecule has 0 radical (unpaired) electrons. The predicted octanol–water partition coefficient (Wildman–Crippen LogP) is 3.07. The van der Waals surface area contributed by atoms with Crippen LogP contribution in [0.25, 0.3) is 16.7 Å². The minimum atomic E-state index is 0.669. The number of hydrogen-bond acceptors (Lipinski definition) is 3. The molecule has 0 aliphatic rings. The van der Waals surface area contributed by atoms with E-state index in [2.05, 4.69) is 26.0 Å². The molecule has 2 aromatic heterocycles. The zero-order chi connectivity index (χ0) is 12.7. The van der Waals surface area contributed by atoms with E-state index in [0.29, 0.717) is 5.69 Å². The second-order valence-corrected chi connectivity index (χ2v) is 4.88. The summed E-state index contributed by atoms with van der Waals surface area (Å²) in [6.45, 7) is 1.95. The molecule has 3 aromatic rings. The molecule has 4 nitrogen and oxygen atoms in total. The van der Waals surface area contributed by atoms with Crippen LogP contribution in [0.1, 0.15) is 5.56 Å². The Morgan fingerprint density at radius 3 is 2.83 bits per heavy atom. The summed E-state index contributed by atoms with van der Waals surface area (Å²) in [6.07, 6.45) is 3.49. The van der Waals surface area contributed by atoms with Crippen LogP contribution in [-0.4, -0.2) is 14.8 Å². The molecule has 0 amide bonds. The van der Waals surface area contributed by atoms with Gasteiger partial charge in [0.1, 0.15) is 0 Å². The number of anilines is 1. The van der Waals surface area contributed by atoms with Crippen molar-refractivity contribution >= 4 is 32.5 Å². The van der Waals surface area contributed by atoms with Crippen molar-refractivity contribution in [2.24, 2.45) is 0 Å². The van der Waals surface area contributed by atoms with Gasteiger partial charge in [-0.15, -0.1) is 0 Å². The van der Waals surface area contributed by atoms with E-state index < -0.39 is 0 Å². The molecule has 0 saturated carbocycles. The number of aromatic nitrogens is 3. The highest BCUT2D eigenvalue weighted by molar-refractivity contribution is 9.10. The Bertz CT molecular complexity index is 733. The zero-order valence-corrected chi connectivity index (χ0v) is 11.3. The largest absolute Gasteiger partial charge is 0.397 e. The highest BCUT2D eigenvalue weighted by atomic mass is 79.9. The van der Waals surface area contributed by atoms with Crippen molar-refractivity contribution < 1.29 is 0 Å². The maximum Gasteiger partial charge on any atom is 0.168 e. The Morgan fingerprint density at radius 1 is 1.22 bits per heavy atom. The Kier molecular flexibility index (Phi) is 2.56. The number of hydrogen-bond donors (Lipinski definition) is 1. The number of rotatable bonds is 1. The van der Waals surface area contributed by atoms with Crippen LogP contribution in [0.3, 0.4) is 0 Å². The van der Waals surface area contributed by atoms with Crippen molar-refractivity contribution in [2.45, 2.75) is 6.92 Å². The fourth-order valence-corrected chi connectivity index (χ4v) is 2.37. The summed E-state index contributed by atoms with van der Waals surface area (Å²) >= 11 is 3.53. The summed E-state index contributed by atoms with van der Waals surface area (Å²) in [5, 5.41) is 5.46. The van der Waals surface area contributed by atoms with Crippen molar-refractivity contribution in [1.82, 2.24) is 14.8 Å². The number of pyridine rings is 1. The number of para-hydroxylation sites is 1. The second-order valence-electron chi connectivity index (χ2n) is 4.09. The van der Waals surface area contributed by atoms with E-state index in [1.54, 1.807) is 6.20 Å². The zero-order valence-electron chi connectivity index (χ0n) is 9.76. The Balaban J connectivity index is 2.30. The van der Waals surface area contributed by atoms with E-state index >= 15 is 0 Å². The minimum Gasteiger partial charge on any atom is -0.397 e. The molecule has 0 atom stereocenters. The first-order chi connectivity index (χ1) is 8.68. The summed E-state index contributed by atoms with van der Waals surface area (Å²) in [5.74, 6) is 0.753. The molecule has 2 N–H and O–H groups in total. The number of benzene rings is 1. The van der Waals surface area contributed by atoms with Crippen LogP contribution in [0, 0.1) is 6.92 Å². The van der Waals surface area contributed by atoms with E-state index in [1.807, 2.05) is 42.1 Å². The quantitative estimate of drug-likeness (QED) is 0.751. The molecule has 0 bridgehead atoms. The Hall–Kier alpha value is -1.88. The second kappa shape index (κ2) is 4.10. The summed E-state index contributed by atoms with van der Waals surface area (Å²) in [7, 11) is 0. The monoisotopic (exact) mass is 302 g/mol. The SMILES string of the molecule is Cc1c(N)cnc(-n2ncc3ccccc32)c1Br. The Morgan fingerprint density at radius 2 is 2.00 bits per heavy atom. The van der Waals surface area contributed by atoms with Gasteiger partial charge in [-0.05, 0) is 34.5 Å². The number of halogens is 1. The van der Waals surface area contributed by atoms with Crippen molar-refractivity contribution in [2.75, 3.05) is 5.73 Å². The maximum absolute atomic E-state index is 5.83. The fraction of sp³-hybridized carbons (Fsp3) is 0.0769. The van der Waals surface area contributed by atoms with Crippen LogP contribution in [0.4, 0.5) is 5.69 Å². The van der Waals surface area contributed by atoms with E-state index in [4.69, 9.17) is 5.73 Å².